The monoisotopic (exact) mass is 434 g/mol. The summed E-state index contributed by atoms with van der Waals surface area (Å²) in [6.45, 7) is 4.88. The van der Waals surface area contributed by atoms with Gasteiger partial charge in [0.15, 0.2) is 5.78 Å². The Kier molecular flexibility index (Phi) is 5.60. The molecule has 4 aliphatic rings. The molecule has 1 N–H and O–H groups in total. The number of carbonyl (C=O) groups is 1. The van der Waals surface area contributed by atoms with E-state index in [1.54, 1.807) is 7.11 Å². The number of hydrogen-bond acceptors (Lipinski definition) is 3. The quantitative estimate of drug-likeness (QED) is 0.452. The highest BCUT2D eigenvalue weighted by Crippen LogP contribution is 2.66. The average Bonchev–Trinajstić information content (AvgIpc) is 3.15. The third kappa shape index (κ3) is 3.39. The lowest BCUT2D eigenvalue weighted by Crippen LogP contribution is -2.50. The van der Waals surface area contributed by atoms with Gasteiger partial charge in [0.25, 0.3) is 0 Å². The van der Waals surface area contributed by atoms with Crippen LogP contribution in [0.1, 0.15) is 70.8 Å². The number of allylic oxidation sites excluding steroid dienone is 2. The van der Waals surface area contributed by atoms with Gasteiger partial charge in [0.2, 0.25) is 0 Å². The fraction of sp³-hybridized carbons (Fsp3) is 0.621. The van der Waals surface area contributed by atoms with Crippen LogP contribution in [-0.4, -0.2) is 24.1 Å². The van der Waals surface area contributed by atoms with Crippen LogP contribution in [0.5, 0.6) is 5.75 Å². The summed E-state index contributed by atoms with van der Waals surface area (Å²) in [5.41, 5.74) is 2.85. The van der Waals surface area contributed by atoms with E-state index in [-0.39, 0.29) is 22.9 Å². The van der Waals surface area contributed by atoms with Crippen molar-refractivity contribution in [3.63, 3.8) is 0 Å². The minimum Gasteiger partial charge on any atom is -0.496 e. The van der Waals surface area contributed by atoms with Crippen LogP contribution in [0.4, 0.5) is 0 Å². The molecule has 4 aliphatic carbocycles. The van der Waals surface area contributed by atoms with Crippen LogP contribution in [0.15, 0.2) is 42.0 Å². The second kappa shape index (κ2) is 8.17. The van der Waals surface area contributed by atoms with Crippen molar-refractivity contribution in [2.75, 3.05) is 7.11 Å². The maximum absolute atomic E-state index is 13.4. The molecule has 1 aromatic rings. The average molecular weight is 435 g/mol. The van der Waals surface area contributed by atoms with Crippen LogP contribution in [0.2, 0.25) is 0 Å². The molecule has 5 rings (SSSR count). The smallest absolute Gasteiger partial charge is 0.159 e. The van der Waals surface area contributed by atoms with Crippen molar-refractivity contribution in [2.24, 2.45) is 34.5 Å². The molecular formula is C29H38O3. The third-order valence-electron chi connectivity index (χ3n) is 9.99. The van der Waals surface area contributed by atoms with Gasteiger partial charge >= 0.3 is 0 Å². The largest absolute Gasteiger partial charge is 0.496 e. The van der Waals surface area contributed by atoms with E-state index in [0.29, 0.717) is 23.5 Å². The predicted molar refractivity (Wildman–Crippen MR) is 128 cm³/mol. The van der Waals surface area contributed by atoms with Crippen molar-refractivity contribution in [2.45, 2.75) is 71.3 Å². The lowest BCUT2D eigenvalue weighted by Gasteiger charge is -2.57. The van der Waals surface area contributed by atoms with E-state index in [1.807, 2.05) is 36.4 Å². The maximum Gasteiger partial charge on any atom is 0.159 e. The number of benzene rings is 1. The Morgan fingerprint density at radius 2 is 1.91 bits per heavy atom. The number of ketones is 1. The van der Waals surface area contributed by atoms with Gasteiger partial charge in [0.05, 0.1) is 13.2 Å². The molecule has 0 aromatic heterocycles. The molecule has 0 amide bonds. The van der Waals surface area contributed by atoms with Crippen LogP contribution >= 0.6 is 0 Å². The highest BCUT2D eigenvalue weighted by Gasteiger charge is 2.59. The summed E-state index contributed by atoms with van der Waals surface area (Å²) in [6, 6.07) is 7.88. The van der Waals surface area contributed by atoms with Gasteiger partial charge < -0.3 is 9.84 Å². The van der Waals surface area contributed by atoms with Crippen molar-refractivity contribution < 1.29 is 14.6 Å². The van der Waals surface area contributed by atoms with E-state index in [4.69, 9.17) is 4.74 Å². The van der Waals surface area contributed by atoms with Crippen LogP contribution in [0, 0.1) is 34.5 Å². The van der Waals surface area contributed by atoms with Gasteiger partial charge in [0.1, 0.15) is 5.75 Å². The summed E-state index contributed by atoms with van der Waals surface area (Å²) in [7, 11) is 1.67. The summed E-state index contributed by atoms with van der Waals surface area (Å²) >= 11 is 0. The van der Waals surface area contributed by atoms with Gasteiger partial charge in [-0.3, -0.25) is 4.79 Å². The number of para-hydroxylation sites is 1. The molecule has 0 bridgehead atoms. The van der Waals surface area contributed by atoms with Crippen molar-refractivity contribution in [1.82, 2.24) is 0 Å². The SMILES string of the molecule is COc1ccccc1/C=C/C(=O)C1CC[C@H]2[C@@H]3CC=C4CC(O)CC[C@]4(C)[C@H]3CC[C@]12C. The molecule has 7 atom stereocenters. The molecule has 172 valence electrons. The summed E-state index contributed by atoms with van der Waals surface area (Å²) < 4.78 is 5.44. The fourth-order valence-electron chi connectivity index (χ4n) is 8.20. The molecule has 3 fully saturated rings. The van der Waals surface area contributed by atoms with Crippen molar-refractivity contribution in [3.8, 4) is 5.75 Å². The first kappa shape index (κ1) is 21.9. The molecule has 0 radical (unpaired) electrons. The number of hydrogen-bond donors (Lipinski definition) is 1. The normalized spacial score (nSPS) is 40.9. The molecule has 1 aromatic carbocycles. The highest BCUT2D eigenvalue weighted by molar-refractivity contribution is 5.96. The summed E-state index contributed by atoms with van der Waals surface area (Å²) in [5, 5.41) is 10.2. The van der Waals surface area contributed by atoms with Crippen molar-refractivity contribution in [1.29, 1.82) is 0 Å². The van der Waals surface area contributed by atoms with Crippen LogP contribution in [0.3, 0.4) is 0 Å². The van der Waals surface area contributed by atoms with E-state index < -0.39 is 0 Å². The standard InChI is InChI=1S/C29H38O3/c1-28-16-14-21(30)18-20(28)9-10-22-23-11-12-25(29(23,2)17-15-24(22)28)26(31)13-8-19-6-4-5-7-27(19)32-3/h4-9,13,21-25,30H,10-12,14-18H2,1-3H3/b13-8+/t21?,22-,23-,24-,25?,28-,29-/m0/s1. The van der Waals surface area contributed by atoms with Gasteiger partial charge in [-0.2, -0.15) is 0 Å². The lowest BCUT2D eigenvalue weighted by atomic mass is 9.47. The second-order valence-electron chi connectivity index (χ2n) is 11.3. The fourth-order valence-corrected chi connectivity index (χ4v) is 8.20. The first-order valence-corrected chi connectivity index (χ1v) is 12.6. The van der Waals surface area contributed by atoms with Gasteiger partial charge in [-0.15, -0.1) is 0 Å². The number of aliphatic hydroxyl groups is 1. The Morgan fingerprint density at radius 1 is 1.09 bits per heavy atom. The topological polar surface area (TPSA) is 46.5 Å². The number of ether oxygens (including phenoxy) is 1. The summed E-state index contributed by atoms with van der Waals surface area (Å²) in [5.74, 6) is 3.27. The summed E-state index contributed by atoms with van der Waals surface area (Å²) in [6.07, 6.45) is 14.7. The molecule has 0 spiro atoms. The molecule has 3 heteroatoms. The Bertz CT molecular complexity index is 945. The van der Waals surface area contributed by atoms with Gasteiger partial charge in [-0.05, 0) is 98.2 Å². The van der Waals surface area contributed by atoms with Crippen molar-refractivity contribution in [3.05, 3.63) is 47.6 Å². The minimum atomic E-state index is -0.150. The van der Waals surface area contributed by atoms with E-state index >= 15 is 0 Å². The first-order chi connectivity index (χ1) is 15.4. The number of rotatable bonds is 4. The van der Waals surface area contributed by atoms with Crippen LogP contribution in [0.25, 0.3) is 6.08 Å². The van der Waals surface area contributed by atoms with Crippen LogP contribution < -0.4 is 4.74 Å². The molecular weight excluding hydrogens is 396 g/mol. The Balaban J connectivity index is 1.36. The number of fused-ring (bicyclic) bond motifs is 5. The summed E-state index contributed by atoms with van der Waals surface area (Å²) in [4.78, 5) is 13.4. The van der Waals surface area contributed by atoms with Gasteiger partial charge in [0, 0.05) is 11.5 Å². The zero-order valence-electron chi connectivity index (χ0n) is 19.8. The minimum absolute atomic E-state index is 0.110. The van der Waals surface area contributed by atoms with E-state index in [1.165, 1.54) is 18.4 Å². The molecule has 0 aliphatic heterocycles. The zero-order valence-corrected chi connectivity index (χ0v) is 19.8. The molecule has 32 heavy (non-hydrogen) atoms. The molecule has 2 unspecified atom stereocenters. The van der Waals surface area contributed by atoms with Gasteiger partial charge in [-0.1, -0.05) is 43.7 Å². The van der Waals surface area contributed by atoms with E-state index in [2.05, 4.69) is 19.9 Å². The zero-order chi connectivity index (χ0) is 22.5. The number of carbonyl (C=O) groups excluding carboxylic acids is 1. The van der Waals surface area contributed by atoms with Crippen LogP contribution in [-0.2, 0) is 4.79 Å². The second-order valence-corrected chi connectivity index (χ2v) is 11.3. The number of methoxy groups -OCH3 is 1. The first-order valence-electron chi connectivity index (χ1n) is 12.6. The molecule has 0 saturated heterocycles. The lowest BCUT2D eigenvalue weighted by molar-refractivity contribution is -0.124. The Morgan fingerprint density at radius 3 is 2.72 bits per heavy atom. The van der Waals surface area contributed by atoms with E-state index in [9.17, 15) is 9.90 Å². The number of aliphatic hydroxyl groups excluding tert-OH is 1. The molecule has 0 heterocycles. The van der Waals surface area contributed by atoms with E-state index in [0.717, 1.165) is 49.8 Å². The third-order valence-corrected chi connectivity index (χ3v) is 9.99. The molecule has 3 nitrogen and oxygen atoms in total. The highest BCUT2D eigenvalue weighted by atomic mass is 16.5. The Labute approximate surface area is 192 Å². The maximum atomic E-state index is 13.4. The predicted octanol–water partition coefficient (Wildman–Crippen LogP) is 6.22. The van der Waals surface area contributed by atoms with Gasteiger partial charge in [-0.25, -0.2) is 0 Å². The molecule has 3 saturated carbocycles. The Hall–Kier alpha value is -1.87. The van der Waals surface area contributed by atoms with Crippen molar-refractivity contribution >= 4 is 11.9 Å².